The molecule has 1 saturated carbocycles. The molecule has 7 heteroatoms. The number of amides is 1. The first-order valence-electron chi connectivity index (χ1n) is 7.23. The van der Waals surface area contributed by atoms with Gasteiger partial charge in [0.05, 0.1) is 21.8 Å². The standard InChI is InChI=1S/C15H18ClN3OS.ClH/c16-11-3-4-13-12(7-11)19-15(21-13)5-6-18-14(20)9-17-8-10-1-2-10;/h3-4,7,10,17H,1-2,5-6,8-9H2,(H,18,20);1H. The van der Waals surface area contributed by atoms with Crippen molar-refractivity contribution in [3.63, 3.8) is 0 Å². The lowest BCUT2D eigenvalue weighted by Crippen LogP contribution is -2.35. The van der Waals surface area contributed by atoms with Crippen molar-refractivity contribution in [1.82, 2.24) is 15.6 Å². The van der Waals surface area contributed by atoms with Gasteiger partial charge in [-0.05, 0) is 43.5 Å². The summed E-state index contributed by atoms with van der Waals surface area (Å²) in [5.74, 6) is 0.854. The number of hydrogen-bond donors (Lipinski definition) is 2. The molecule has 1 aromatic heterocycles. The first kappa shape index (κ1) is 17.5. The minimum Gasteiger partial charge on any atom is -0.355 e. The van der Waals surface area contributed by atoms with Gasteiger partial charge in [0.1, 0.15) is 0 Å². The summed E-state index contributed by atoms with van der Waals surface area (Å²) in [6, 6.07) is 5.73. The van der Waals surface area contributed by atoms with Crippen molar-refractivity contribution in [3.8, 4) is 0 Å². The maximum Gasteiger partial charge on any atom is 0.233 e. The molecule has 4 nitrogen and oxygen atoms in total. The van der Waals surface area contributed by atoms with Crippen LogP contribution in [0.5, 0.6) is 0 Å². The highest BCUT2D eigenvalue weighted by atomic mass is 35.5. The van der Waals surface area contributed by atoms with Gasteiger partial charge in [0, 0.05) is 18.0 Å². The van der Waals surface area contributed by atoms with Crippen molar-refractivity contribution in [1.29, 1.82) is 0 Å². The lowest BCUT2D eigenvalue weighted by molar-refractivity contribution is -0.120. The Balaban J connectivity index is 0.00000176. The molecule has 1 fully saturated rings. The van der Waals surface area contributed by atoms with E-state index in [0.717, 1.165) is 34.1 Å². The highest BCUT2D eigenvalue weighted by Crippen LogP contribution is 2.27. The fourth-order valence-corrected chi connectivity index (χ4v) is 3.25. The van der Waals surface area contributed by atoms with Gasteiger partial charge in [0.25, 0.3) is 0 Å². The Morgan fingerprint density at radius 2 is 2.23 bits per heavy atom. The van der Waals surface area contributed by atoms with E-state index >= 15 is 0 Å². The van der Waals surface area contributed by atoms with Gasteiger partial charge in [-0.3, -0.25) is 4.79 Å². The van der Waals surface area contributed by atoms with E-state index in [4.69, 9.17) is 11.6 Å². The molecule has 0 spiro atoms. The molecule has 3 rings (SSSR count). The summed E-state index contributed by atoms with van der Waals surface area (Å²) in [6.07, 6.45) is 3.36. The largest absolute Gasteiger partial charge is 0.355 e. The normalized spacial score (nSPS) is 13.9. The third-order valence-corrected chi connectivity index (χ3v) is 4.80. The van der Waals surface area contributed by atoms with Crippen molar-refractivity contribution in [2.24, 2.45) is 5.92 Å². The molecule has 0 bridgehead atoms. The van der Waals surface area contributed by atoms with Crippen LogP contribution in [0, 0.1) is 5.92 Å². The fourth-order valence-electron chi connectivity index (χ4n) is 2.14. The predicted molar refractivity (Wildman–Crippen MR) is 94.2 cm³/mol. The zero-order valence-electron chi connectivity index (χ0n) is 12.1. The Morgan fingerprint density at radius 3 is 3.00 bits per heavy atom. The smallest absolute Gasteiger partial charge is 0.233 e. The molecule has 0 aliphatic heterocycles. The molecule has 2 aromatic rings. The van der Waals surface area contributed by atoms with E-state index in [1.807, 2.05) is 18.2 Å². The minimum atomic E-state index is 0. The molecule has 1 aromatic carbocycles. The molecule has 0 unspecified atom stereocenters. The molecule has 2 N–H and O–H groups in total. The van der Waals surface area contributed by atoms with Crippen LogP contribution in [0.1, 0.15) is 17.8 Å². The maximum atomic E-state index is 11.6. The number of rotatable bonds is 7. The molecule has 1 aliphatic rings. The molecule has 1 amide bonds. The van der Waals surface area contributed by atoms with Crippen LogP contribution in [0.25, 0.3) is 10.2 Å². The van der Waals surface area contributed by atoms with E-state index < -0.39 is 0 Å². The van der Waals surface area contributed by atoms with Crippen LogP contribution in [0.4, 0.5) is 0 Å². The lowest BCUT2D eigenvalue weighted by Gasteiger charge is -2.05. The van der Waals surface area contributed by atoms with Gasteiger partial charge in [-0.1, -0.05) is 11.6 Å². The summed E-state index contributed by atoms with van der Waals surface area (Å²) in [5, 5.41) is 7.83. The van der Waals surface area contributed by atoms with Crippen LogP contribution < -0.4 is 10.6 Å². The van der Waals surface area contributed by atoms with Crippen molar-refractivity contribution in [2.75, 3.05) is 19.6 Å². The molecule has 0 radical (unpaired) electrons. The fraction of sp³-hybridized carbons (Fsp3) is 0.467. The number of thiazole rings is 1. The Hall–Kier alpha value is -0.880. The Kier molecular flexibility index (Phi) is 6.44. The van der Waals surface area contributed by atoms with E-state index in [0.29, 0.717) is 18.1 Å². The molecule has 0 saturated heterocycles. The summed E-state index contributed by atoms with van der Waals surface area (Å²) in [5.41, 5.74) is 0.930. The van der Waals surface area contributed by atoms with E-state index in [1.165, 1.54) is 12.8 Å². The number of halogens is 2. The minimum absolute atomic E-state index is 0. The topological polar surface area (TPSA) is 54.0 Å². The van der Waals surface area contributed by atoms with Gasteiger partial charge in [-0.15, -0.1) is 23.7 Å². The van der Waals surface area contributed by atoms with E-state index in [1.54, 1.807) is 11.3 Å². The van der Waals surface area contributed by atoms with E-state index in [-0.39, 0.29) is 18.3 Å². The van der Waals surface area contributed by atoms with Crippen LogP contribution >= 0.6 is 35.3 Å². The number of hydrogen-bond acceptors (Lipinski definition) is 4. The first-order valence-corrected chi connectivity index (χ1v) is 8.42. The average molecular weight is 360 g/mol. The number of nitrogens with one attached hydrogen (secondary N) is 2. The van der Waals surface area contributed by atoms with Crippen LogP contribution in [0.3, 0.4) is 0 Å². The Morgan fingerprint density at radius 1 is 1.41 bits per heavy atom. The summed E-state index contributed by atoms with van der Waals surface area (Å²) >= 11 is 7.60. The molecule has 1 heterocycles. The van der Waals surface area contributed by atoms with Crippen molar-refractivity contribution < 1.29 is 4.79 Å². The Labute approximate surface area is 145 Å². The van der Waals surface area contributed by atoms with E-state index in [2.05, 4.69) is 15.6 Å². The summed E-state index contributed by atoms with van der Waals surface area (Å²) in [7, 11) is 0. The number of benzene rings is 1. The zero-order valence-corrected chi connectivity index (χ0v) is 14.5. The maximum absolute atomic E-state index is 11.6. The molecule has 120 valence electrons. The first-order chi connectivity index (χ1) is 10.2. The number of carbonyl (C=O) groups is 1. The zero-order chi connectivity index (χ0) is 14.7. The SMILES string of the molecule is Cl.O=C(CNCC1CC1)NCCc1nc2cc(Cl)ccc2s1. The molecule has 1 aliphatic carbocycles. The van der Waals surface area contributed by atoms with Crippen LogP contribution in [0.15, 0.2) is 18.2 Å². The summed E-state index contributed by atoms with van der Waals surface area (Å²) < 4.78 is 1.13. The van der Waals surface area contributed by atoms with Crippen LogP contribution in [0.2, 0.25) is 5.02 Å². The predicted octanol–water partition coefficient (Wildman–Crippen LogP) is 3.03. The second kappa shape index (κ2) is 8.11. The van der Waals surface area contributed by atoms with Gasteiger partial charge in [0.2, 0.25) is 5.91 Å². The molecular weight excluding hydrogens is 341 g/mol. The van der Waals surface area contributed by atoms with Crippen molar-refractivity contribution in [3.05, 3.63) is 28.2 Å². The number of nitrogens with zero attached hydrogens (tertiary/aromatic N) is 1. The number of carbonyl (C=O) groups excluding carboxylic acids is 1. The van der Waals surface area contributed by atoms with Gasteiger partial charge < -0.3 is 10.6 Å². The van der Waals surface area contributed by atoms with Crippen LogP contribution in [-0.4, -0.2) is 30.5 Å². The molecule has 22 heavy (non-hydrogen) atoms. The van der Waals surface area contributed by atoms with Gasteiger partial charge >= 0.3 is 0 Å². The Bertz CT molecular complexity index is 643. The van der Waals surface area contributed by atoms with Gasteiger partial charge in [-0.2, -0.15) is 0 Å². The highest BCUT2D eigenvalue weighted by Gasteiger charge is 2.20. The second-order valence-electron chi connectivity index (χ2n) is 5.39. The van der Waals surface area contributed by atoms with Gasteiger partial charge in [0.15, 0.2) is 0 Å². The third-order valence-electron chi connectivity index (χ3n) is 3.47. The van der Waals surface area contributed by atoms with E-state index in [9.17, 15) is 4.79 Å². The van der Waals surface area contributed by atoms with Gasteiger partial charge in [-0.25, -0.2) is 4.98 Å². The molecular formula is C15H19Cl2N3OS. The summed E-state index contributed by atoms with van der Waals surface area (Å²) in [6.45, 7) is 2.00. The average Bonchev–Trinajstić information content (AvgIpc) is 3.18. The monoisotopic (exact) mass is 359 g/mol. The molecule has 0 atom stereocenters. The summed E-state index contributed by atoms with van der Waals surface area (Å²) in [4.78, 5) is 16.2. The lowest BCUT2D eigenvalue weighted by atomic mass is 10.3. The number of fused-ring (bicyclic) bond motifs is 1. The second-order valence-corrected chi connectivity index (χ2v) is 6.95. The number of aromatic nitrogens is 1. The van der Waals surface area contributed by atoms with Crippen LogP contribution in [-0.2, 0) is 11.2 Å². The van der Waals surface area contributed by atoms with Crippen molar-refractivity contribution in [2.45, 2.75) is 19.3 Å². The quantitative estimate of drug-likeness (QED) is 0.798. The van der Waals surface area contributed by atoms with Crippen molar-refractivity contribution >= 4 is 51.5 Å². The highest BCUT2D eigenvalue weighted by molar-refractivity contribution is 7.18. The third kappa shape index (κ3) is 5.09.